The highest BCUT2D eigenvalue weighted by atomic mass is 32.2. The number of rotatable bonds is 8. The van der Waals surface area contributed by atoms with Crippen molar-refractivity contribution < 1.29 is 19.5 Å². The van der Waals surface area contributed by atoms with Crippen LogP contribution < -0.4 is 9.47 Å². The highest BCUT2D eigenvalue weighted by Gasteiger charge is 2.19. The fourth-order valence-corrected chi connectivity index (χ4v) is 1.95. The Morgan fingerprint density at radius 3 is 2.68 bits per heavy atom. The maximum atomic E-state index is 10.9. The molecule has 0 aromatic heterocycles. The van der Waals surface area contributed by atoms with Crippen LogP contribution in [0.25, 0.3) is 0 Å². The molecule has 0 aliphatic heterocycles. The van der Waals surface area contributed by atoms with Gasteiger partial charge in [0.25, 0.3) is 5.69 Å². The number of nitrogens with zero attached hydrogens (tertiary/aromatic N) is 1. The quantitative estimate of drug-likeness (QED) is 0.448. The molecule has 1 rings (SSSR count). The zero-order chi connectivity index (χ0) is 14.3. The Kier molecular flexibility index (Phi) is 6.44. The second kappa shape index (κ2) is 7.85. The lowest BCUT2D eigenvalue weighted by Gasteiger charge is -2.12. The summed E-state index contributed by atoms with van der Waals surface area (Å²) < 4.78 is 10.6. The zero-order valence-corrected chi connectivity index (χ0v) is 11.7. The number of hydrogen-bond donors (Lipinski definition) is 1. The van der Waals surface area contributed by atoms with Gasteiger partial charge in [0.05, 0.1) is 36.9 Å². The van der Waals surface area contributed by atoms with Crippen LogP contribution in [0.1, 0.15) is 12.0 Å². The second-order valence-electron chi connectivity index (χ2n) is 3.74. The van der Waals surface area contributed by atoms with Crippen LogP contribution in [0, 0.1) is 10.1 Å². The molecule has 6 nitrogen and oxygen atoms in total. The summed E-state index contributed by atoms with van der Waals surface area (Å²) in [4.78, 5) is 10.4. The van der Waals surface area contributed by atoms with E-state index in [4.69, 9.17) is 14.6 Å². The van der Waals surface area contributed by atoms with E-state index in [1.54, 1.807) is 11.8 Å². The first-order valence-corrected chi connectivity index (χ1v) is 7.11. The monoisotopic (exact) mass is 287 g/mol. The number of aliphatic hydroxyl groups excluding tert-OH is 1. The van der Waals surface area contributed by atoms with Gasteiger partial charge in [-0.3, -0.25) is 10.1 Å². The molecule has 1 N–H and O–H groups in total. The van der Waals surface area contributed by atoms with Crippen molar-refractivity contribution in [1.82, 2.24) is 0 Å². The molecule has 0 bridgehead atoms. The van der Waals surface area contributed by atoms with Crippen LogP contribution in [0.15, 0.2) is 12.1 Å². The van der Waals surface area contributed by atoms with Crippen molar-refractivity contribution in [3.05, 3.63) is 27.8 Å². The molecule has 19 heavy (non-hydrogen) atoms. The topological polar surface area (TPSA) is 81.8 Å². The van der Waals surface area contributed by atoms with Gasteiger partial charge in [-0.1, -0.05) is 0 Å². The van der Waals surface area contributed by atoms with Gasteiger partial charge < -0.3 is 14.6 Å². The smallest absolute Gasteiger partial charge is 0.278 e. The van der Waals surface area contributed by atoms with Crippen molar-refractivity contribution in [2.75, 3.05) is 25.7 Å². The summed E-state index contributed by atoms with van der Waals surface area (Å²) in [5, 5.41) is 20.0. The van der Waals surface area contributed by atoms with Crippen molar-refractivity contribution >= 4 is 17.4 Å². The lowest BCUT2D eigenvalue weighted by Crippen LogP contribution is -2.03. The lowest BCUT2D eigenvalue weighted by atomic mass is 10.1. The van der Waals surface area contributed by atoms with E-state index in [0.717, 1.165) is 12.2 Å². The van der Waals surface area contributed by atoms with Crippen LogP contribution in [-0.4, -0.2) is 35.8 Å². The van der Waals surface area contributed by atoms with E-state index in [9.17, 15) is 10.1 Å². The summed E-state index contributed by atoms with van der Waals surface area (Å²) in [5.41, 5.74) is 0.0430. The molecular formula is C12H17NO5S. The summed E-state index contributed by atoms with van der Waals surface area (Å²) in [5.74, 6) is 1.67. The molecule has 0 heterocycles. The minimum absolute atomic E-state index is 0.164. The van der Waals surface area contributed by atoms with Crippen LogP contribution in [-0.2, 0) is 6.61 Å². The summed E-state index contributed by atoms with van der Waals surface area (Å²) in [6.45, 7) is 0.0479. The molecule has 106 valence electrons. The van der Waals surface area contributed by atoms with E-state index in [0.29, 0.717) is 18.1 Å². The molecule has 7 heteroatoms. The molecule has 0 unspecified atom stereocenters. The fourth-order valence-electron chi connectivity index (χ4n) is 1.55. The van der Waals surface area contributed by atoms with Gasteiger partial charge in [-0.25, -0.2) is 0 Å². The first kappa shape index (κ1) is 15.6. The first-order valence-electron chi connectivity index (χ1n) is 5.72. The minimum Gasteiger partial charge on any atom is -0.493 e. The Morgan fingerprint density at radius 2 is 2.16 bits per heavy atom. The molecule has 0 radical (unpaired) electrons. The zero-order valence-electron chi connectivity index (χ0n) is 10.9. The van der Waals surface area contributed by atoms with E-state index in [1.807, 2.05) is 6.26 Å². The van der Waals surface area contributed by atoms with Gasteiger partial charge in [0.15, 0.2) is 11.5 Å². The Morgan fingerprint density at radius 1 is 1.42 bits per heavy atom. The van der Waals surface area contributed by atoms with Gasteiger partial charge >= 0.3 is 0 Å². The molecule has 0 fully saturated rings. The molecular weight excluding hydrogens is 270 g/mol. The molecule has 0 aliphatic carbocycles. The average molecular weight is 287 g/mol. The molecule has 1 aromatic rings. The SMILES string of the molecule is COc1cc(CO)c([N+](=O)[O-])cc1OCCCSC. The van der Waals surface area contributed by atoms with Gasteiger partial charge in [0.2, 0.25) is 0 Å². The van der Waals surface area contributed by atoms with Crippen LogP contribution >= 0.6 is 11.8 Å². The molecule has 0 amide bonds. The maximum Gasteiger partial charge on any atom is 0.278 e. The van der Waals surface area contributed by atoms with Gasteiger partial charge in [0.1, 0.15) is 0 Å². The van der Waals surface area contributed by atoms with Gasteiger partial charge in [-0.2, -0.15) is 11.8 Å². The summed E-state index contributed by atoms with van der Waals surface area (Å²) in [6, 6.07) is 2.73. The average Bonchev–Trinajstić information content (AvgIpc) is 2.42. The van der Waals surface area contributed by atoms with Crippen molar-refractivity contribution in [2.45, 2.75) is 13.0 Å². The Balaban J connectivity index is 2.94. The van der Waals surface area contributed by atoms with Gasteiger partial charge in [-0.05, 0) is 24.5 Å². The van der Waals surface area contributed by atoms with Crippen molar-refractivity contribution in [2.24, 2.45) is 0 Å². The maximum absolute atomic E-state index is 10.9. The van der Waals surface area contributed by atoms with E-state index < -0.39 is 11.5 Å². The second-order valence-corrected chi connectivity index (χ2v) is 4.73. The lowest BCUT2D eigenvalue weighted by molar-refractivity contribution is -0.385. The highest BCUT2D eigenvalue weighted by molar-refractivity contribution is 7.98. The van der Waals surface area contributed by atoms with E-state index >= 15 is 0 Å². The third kappa shape index (κ3) is 4.29. The van der Waals surface area contributed by atoms with Crippen LogP contribution in [0.2, 0.25) is 0 Å². The summed E-state index contributed by atoms with van der Waals surface area (Å²) in [7, 11) is 1.46. The van der Waals surface area contributed by atoms with Gasteiger partial charge in [-0.15, -0.1) is 0 Å². The number of methoxy groups -OCH3 is 1. The van der Waals surface area contributed by atoms with Crippen molar-refractivity contribution in [3.63, 3.8) is 0 Å². The molecule has 0 spiro atoms. The number of aliphatic hydroxyl groups is 1. The van der Waals surface area contributed by atoms with Crippen molar-refractivity contribution in [3.8, 4) is 11.5 Å². The van der Waals surface area contributed by atoms with E-state index in [1.165, 1.54) is 19.2 Å². The number of benzene rings is 1. The fraction of sp³-hybridized carbons (Fsp3) is 0.500. The standard InChI is InChI=1S/C12H17NO5S/c1-17-11-6-9(8-14)10(13(15)16)7-12(11)18-4-3-5-19-2/h6-7,14H,3-5,8H2,1-2H3. The Labute approximate surface area is 115 Å². The summed E-state index contributed by atoms with van der Waals surface area (Å²) in [6.07, 6.45) is 2.85. The number of ether oxygens (including phenoxy) is 2. The summed E-state index contributed by atoms with van der Waals surface area (Å²) >= 11 is 1.71. The predicted octanol–water partition coefficient (Wildman–Crippen LogP) is 2.23. The molecule has 0 saturated heterocycles. The normalized spacial score (nSPS) is 10.3. The van der Waals surface area contributed by atoms with Crippen LogP contribution in [0.5, 0.6) is 11.5 Å². The first-order chi connectivity index (χ1) is 9.13. The van der Waals surface area contributed by atoms with Crippen LogP contribution in [0.4, 0.5) is 5.69 Å². The third-order valence-electron chi connectivity index (χ3n) is 2.48. The molecule has 0 aliphatic rings. The number of nitro groups is 1. The predicted molar refractivity (Wildman–Crippen MR) is 74.1 cm³/mol. The third-order valence-corrected chi connectivity index (χ3v) is 3.18. The minimum atomic E-state index is -0.542. The highest BCUT2D eigenvalue weighted by Crippen LogP contribution is 2.34. The molecule has 0 atom stereocenters. The number of thioether (sulfide) groups is 1. The van der Waals surface area contributed by atoms with Gasteiger partial charge in [0, 0.05) is 0 Å². The molecule has 0 saturated carbocycles. The number of hydrogen-bond acceptors (Lipinski definition) is 6. The Hall–Kier alpha value is -1.47. The number of nitro benzene ring substituents is 1. The van der Waals surface area contributed by atoms with E-state index in [2.05, 4.69) is 0 Å². The van der Waals surface area contributed by atoms with Crippen molar-refractivity contribution in [1.29, 1.82) is 0 Å². The molecule has 1 aromatic carbocycles. The largest absolute Gasteiger partial charge is 0.493 e. The van der Waals surface area contributed by atoms with Crippen LogP contribution in [0.3, 0.4) is 0 Å². The van der Waals surface area contributed by atoms with E-state index in [-0.39, 0.29) is 11.3 Å². The Bertz CT molecular complexity index is 438.